The zero-order valence-corrected chi connectivity index (χ0v) is 12.6. The van der Waals surface area contributed by atoms with Crippen LogP contribution in [0, 0.1) is 10.8 Å². The Hall–Kier alpha value is -0.240. The fourth-order valence-corrected chi connectivity index (χ4v) is 2.20. The minimum atomic E-state index is -0.464. The summed E-state index contributed by atoms with van der Waals surface area (Å²) in [6.45, 7) is 6.51. The molecule has 0 aromatic rings. The molecule has 0 aliphatic carbocycles. The van der Waals surface area contributed by atoms with Crippen LogP contribution in [0.15, 0.2) is 0 Å². The Labute approximate surface area is 121 Å². The maximum Gasteiger partial charge on any atom is 0.146 e. The fourth-order valence-electron chi connectivity index (χ4n) is 2.20. The normalized spacial score (nSPS) is 21.6. The number of aliphatic hydroxyl groups excluding tert-OH is 2. The molecule has 0 aromatic heterocycles. The van der Waals surface area contributed by atoms with Gasteiger partial charge in [0.25, 0.3) is 0 Å². The molecule has 0 aromatic carbocycles. The molecule has 1 saturated heterocycles. The Morgan fingerprint density at radius 1 is 1.10 bits per heavy atom. The van der Waals surface area contributed by atoms with E-state index in [2.05, 4.69) is 6.92 Å². The van der Waals surface area contributed by atoms with Crippen LogP contribution in [0.1, 0.15) is 26.7 Å². The molecular weight excluding hydrogens is 264 g/mol. The van der Waals surface area contributed by atoms with Crippen LogP contribution in [0.2, 0.25) is 0 Å². The summed E-state index contributed by atoms with van der Waals surface area (Å²) < 4.78 is 21.6. The summed E-state index contributed by atoms with van der Waals surface area (Å²) in [6, 6.07) is 0. The lowest BCUT2D eigenvalue weighted by molar-refractivity contribution is -0.188. The Balaban J connectivity index is 2.45. The molecule has 1 unspecified atom stereocenters. The van der Waals surface area contributed by atoms with E-state index in [0.29, 0.717) is 33.2 Å². The molecule has 2 N–H and O–H groups in total. The van der Waals surface area contributed by atoms with Gasteiger partial charge in [-0.15, -0.1) is 0 Å². The van der Waals surface area contributed by atoms with Crippen molar-refractivity contribution in [1.29, 1.82) is 0 Å². The van der Waals surface area contributed by atoms with Gasteiger partial charge in [-0.25, -0.2) is 0 Å². The first-order chi connectivity index (χ1) is 9.66. The Kier molecular flexibility index (Phi) is 7.94. The van der Waals surface area contributed by atoms with Crippen molar-refractivity contribution in [2.45, 2.75) is 26.7 Å². The second kappa shape index (κ2) is 8.92. The monoisotopic (exact) mass is 292 g/mol. The zero-order chi connectivity index (χ0) is 14.9. The highest BCUT2D eigenvalue weighted by Gasteiger charge is 2.34. The Morgan fingerprint density at radius 2 is 1.75 bits per heavy atom. The fraction of sp³-hybridized carbons (Fsp3) is 1.00. The second-order valence-corrected chi connectivity index (χ2v) is 5.65. The van der Waals surface area contributed by atoms with Gasteiger partial charge in [-0.2, -0.15) is 0 Å². The van der Waals surface area contributed by atoms with E-state index >= 15 is 0 Å². The van der Waals surface area contributed by atoms with Crippen LogP contribution in [0.3, 0.4) is 0 Å². The summed E-state index contributed by atoms with van der Waals surface area (Å²) in [6.07, 6.45) is 1.63. The van der Waals surface area contributed by atoms with Crippen molar-refractivity contribution in [1.82, 2.24) is 0 Å². The first kappa shape index (κ1) is 17.8. The molecule has 1 aliphatic rings. The molecule has 120 valence electrons. The van der Waals surface area contributed by atoms with Crippen molar-refractivity contribution in [3.8, 4) is 0 Å². The molecule has 1 heterocycles. The molecule has 0 bridgehead atoms. The SMILES string of the molecule is CCC(CO)(COCO)COCC1(CC)COCOC1. The van der Waals surface area contributed by atoms with Gasteiger partial charge in [-0.05, 0) is 12.8 Å². The third kappa shape index (κ3) is 4.95. The summed E-state index contributed by atoms with van der Waals surface area (Å²) in [4.78, 5) is 0. The van der Waals surface area contributed by atoms with Gasteiger partial charge in [0.2, 0.25) is 0 Å². The van der Waals surface area contributed by atoms with Crippen LogP contribution in [0.5, 0.6) is 0 Å². The van der Waals surface area contributed by atoms with E-state index < -0.39 is 5.41 Å². The van der Waals surface area contributed by atoms with Crippen LogP contribution in [-0.4, -0.2) is 63.4 Å². The van der Waals surface area contributed by atoms with E-state index in [0.717, 1.165) is 12.8 Å². The van der Waals surface area contributed by atoms with Gasteiger partial charge in [-0.3, -0.25) is 0 Å². The topological polar surface area (TPSA) is 77.4 Å². The molecule has 20 heavy (non-hydrogen) atoms. The van der Waals surface area contributed by atoms with Gasteiger partial charge in [0, 0.05) is 10.8 Å². The highest BCUT2D eigenvalue weighted by atomic mass is 16.7. The number of aliphatic hydroxyl groups is 2. The molecule has 6 nitrogen and oxygen atoms in total. The molecular formula is C14H28O6. The van der Waals surface area contributed by atoms with E-state index in [1.54, 1.807) is 0 Å². The minimum Gasteiger partial charge on any atom is -0.396 e. The maximum absolute atomic E-state index is 9.57. The van der Waals surface area contributed by atoms with Crippen molar-refractivity contribution in [2.24, 2.45) is 10.8 Å². The van der Waals surface area contributed by atoms with Gasteiger partial charge in [0.1, 0.15) is 13.6 Å². The highest BCUT2D eigenvalue weighted by Crippen LogP contribution is 2.29. The second-order valence-electron chi connectivity index (χ2n) is 5.65. The van der Waals surface area contributed by atoms with Crippen molar-refractivity contribution >= 4 is 0 Å². The largest absolute Gasteiger partial charge is 0.396 e. The summed E-state index contributed by atoms with van der Waals surface area (Å²) >= 11 is 0. The summed E-state index contributed by atoms with van der Waals surface area (Å²) in [7, 11) is 0. The predicted octanol–water partition coefficient (Wildman–Crippen LogP) is 0.759. The summed E-state index contributed by atoms with van der Waals surface area (Å²) in [5.41, 5.74) is -0.570. The van der Waals surface area contributed by atoms with E-state index in [9.17, 15) is 5.11 Å². The van der Waals surface area contributed by atoms with Gasteiger partial charge in [0.05, 0.1) is 39.6 Å². The van der Waals surface area contributed by atoms with E-state index in [-0.39, 0.29) is 25.4 Å². The van der Waals surface area contributed by atoms with E-state index in [4.69, 9.17) is 24.1 Å². The molecule has 0 spiro atoms. The van der Waals surface area contributed by atoms with Crippen LogP contribution in [0.25, 0.3) is 0 Å². The van der Waals surface area contributed by atoms with Crippen LogP contribution < -0.4 is 0 Å². The molecule has 1 aliphatic heterocycles. The van der Waals surface area contributed by atoms with Gasteiger partial charge < -0.3 is 29.2 Å². The van der Waals surface area contributed by atoms with Crippen molar-refractivity contribution < 1.29 is 29.2 Å². The first-order valence-electron chi connectivity index (χ1n) is 7.18. The van der Waals surface area contributed by atoms with E-state index in [1.165, 1.54) is 0 Å². The molecule has 6 heteroatoms. The number of hydrogen-bond donors (Lipinski definition) is 2. The standard InChI is InChI=1S/C14H28O6/c1-3-13(5-15,7-18-11-16)6-17-8-14(4-2)9-19-12-20-10-14/h15-16H,3-12H2,1-2H3. The van der Waals surface area contributed by atoms with Crippen LogP contribution in [-0.2, 0) is 18.9 Å². The average molecular weight is 292 g/mol. The quantitative estimate of drug-likeness (QED) is 0.579. The van der Waals surface area contributed by atoms with Gasteiger partial charge in [0.15, 0.2) is 0 Å². The van der Waals surface area contributed by atoms with Gasteiger partial charge >= 0.3 is 0 Å². The van der Waals surface area contributed by atoms with Crippen molar-refractivity contribution in [3.63, 3.8) is 0 Å². The molecule has 0 amide bonds. The lowest BCUT2D eigenvalue weighted by Gasteiger charge is -2.37. The smallest absolute Gasteiger partial charge is 0.146 e. The number of hydrogen-bond acceptors (Lipinski definition) is 6. The lowest BCUT2D eigenvalue weighted by Crippen LogP contribution is -2.43. The number of ether oxygens (including phenoxy) is 4. The van der Waals surface area contributed by atoms with Crippen molar-refractivity contribution in [2.75, 3.05) is 53.2 Å². The third-order valence-electron chi connectivity index (χ3n) is 4.13. The Morgan fingerprint density at radius 3 is 2.25 bits per heavy atom. The predicted molar refractivity (Wildman–Crippen MR) is 73.2 cm³/mol. The third-order valence-corrected chi connectivity index (χ3v) is 4.13. The average Bonchev–Trinajstić information content (AvgIpc) is 2.52. The van der Waals surface area contributed by atoms with Gasteiger partial charge in [-0.1, -0.05) is 13.8 Å². The summed E-state index contributed by atoms with van der Waals surface area (Å²) in [5.74, 6) is 0. The minimum absolute atomic E-state index is 0.0321. The summed E-state index contributed by atoms with van der Waals surface area (Å²) in [5, 5.41) is 18.3. The first-order valence-corrected chi connectivity index (χ1v) is 7.18. The van der Waals surface area contributed by atoms with Crippen LogP contribution in [0.4, 0.5) is 0 Å². The van der Waals surface area contributed by atoms with Crippen LogP contribution >= 0.6 is 0 Å². The van der Waals surface area contributed by atoms with Crippen molar-refractivity contribution in [3.05, 3.63) is 0 Å². The zero-order valence-electron chi connectivity index (χ0n) is 12.6. The molecule has 1 atom stereocenters. The maximum atomic E-state index is 9.57. The Bertz CT molecular complexity index is 248. The molecule has 0 saturated carbocycles. The number of rotatable bonds is 10. The molecule has 0 radical (unpaired) electrons. The molecule has 1 fully saturated rings. The highest BCUT2D eigenvalue weighted by molar-refractivity contribution is 4.81. The van der Waals surface area contributed by atoms with E-state index in [1.807, 2.05) is 6.92 Å². The lowest BCUT2D eigenvalue weighted by atomic mass is 9.86. The molecule has 1 rings (SSSR count).